The number of likely N-dealkylation sites (N-methyl/N-ethyl adjacent to an activating group) is 1. The average molecular weight is 421 g/mol. The molecule has 0 radical (unpaired) electrons. The highest BCUT2D eigenvalue weighted by Gasteiger charge is 2.27. The van der Waals surface area contributed by atoms with E-state index in [0.717, 1.165) is 24.3 Å². The van der Waals surface area contributed by atoms with Gasteiger partial charge in [-0.2, -0.15) is 4.31 Å². The van der Waals surface area contributed by atoms with Crippen LogP contribution in [0.5, 0.6) is 0 Å². The largest absolute Gasteiger partial charge is 0.323 e. The van der Waals surface area contributed by atoms with Gasteiger partial charge in [0.1, 0.15) is 11.6 Å². The highest BCUT2D eigenvalue weighted by molar-refractivity contribution is 7.89. The van der Waals surface area contributed by atoms with E-state index < -0.39 is 27.6 Å². The summed E-state index contributed by atoms with van der Waals surface area (Å²) in [4.78, 5) is 14.2. The molecule has 0 saturated carbocycles. The maximum atomic E-state index is 13.6. The summed E-state index contributed by atoms with van der Waals surface area (Å²) in [5.41, 5.74) is 0.0576. The van der Waals surface area contributed by atoms with Crippen LogP contribution < -0.4 is 5.32 Å². The van der Waals surface area contributed by atoms with Crippen LogP contribution in [0.3, 0.4) is 0 Å². The van der Waals surface area contributed by atoms with Crippen molar-refractivity contribution in [2.24, 2.45) is 0 Å². The summed E-state index contributed by atoms with van der Waals surface area (Å²) in [6, 6.07) is 9.21. The van der Waals surface area contributed by atoms with Gasteiger partial charge in [0.15, 0.2) is 0 Å². The van der Waals surface area contributed by atoms with Gasteiger partial charge in [0.25, 0.3) is 0 Å². The zero-order valence-electron chi connectivity index (χ0n) is 15.8. The Labute approximate surface area is 168 Å². The third-order valence-electron chi connectivity index (χ3n) is 4.62. The lowest BCUT2D eigenvalue weighted by molar-refractivity contribution is -0.111. The first-order valence-corrected chi connectivity index (χ1v) is 10.4. The molecular weight excluding hydrogens is 400 g/mol. The number of hydrogen-bond acceptors (Lipinski definition) is 4. The molecule has 6 nitrogen and oxygen atoms in total. The maximum Gasteiger partial charge on any atom is 0.248 e. The van der Waals surface area contributed by atoms with E-state index in [-0.39, 0.29) is 10.5 Å². The number of nitrogens with zero attached hydrogens (tertiary/aromatic N) is 2. The normalized spacial score (nSPS) is 16.2. The minimum atomic E-state index is -3.59. The number of amides is 1. The lowest BCUT2D eigenvalue weighted by atomic mass is 10.2. The molecule has 1 saturated heterocycles. The molecule has 1 fully saturated rings. The van der Waals surface area contributed by atoms with E-state index in [1.807, 2.05) is 7.05 Å². The van der Waals surface area contributed by atoms with E-state index in [1.54, 1.807) is 0 Å². The van der Waals surface area contributed by atoms with Crippen molar-refractivity contribution in [1.29, 1.82) is 0 Å². The summed E-state index contributed by atoms with van der Waals surface area (Å²) in [6.07, 6.45) is 2.06. The quantitative estimate of drug-likeness (QED) is 0.754. The van der Waals surface area contributed by atoms with E-state index in [2.05, 4.69) is 10.2 Å². The van der Waals surface area contributed by atoms with Crippen LogP contribution in [0.25, 0.3) is 6.08 Å². The van der Waals surface area contributed by atoms with Gasteiger partial charge in [-0.1, -0.05) is 6.07 Å². The molecule has 1 amide bonds. The van der Waals surface area contributed by atoms with Crippen molar-refractivity contribution in [3.8, 4) is 0 Å². The van der Waals surface area contributed by atoms with Crippen LogP contribution in [0, 0.1) is 11.6 Å². The van der Waals surface area contributed by atoms with Crippen molar-refractivity contribution in [3.05, 3.63) is 65.7 Å². The second-order valence-electron chi connectivity index (χ2n) is 6.69. The Hall–Kier alpha value is -2.62. The first-order chi connectivity index (χ1) is 13.8. The van der Waals surface area contributed by atoms with Crippen LogP contribution in [-0.4, -0.2) is 56.8 Å². The van der Waals surface area contributed by atoms with Gasteiger partial charge in [0.2, 0.25) is 15.9 Å². The second-order valence-corrected chi connectivity index (χ2v) is 8.63. The first-order valence-electron chi connectivity index (χ1n) is 8.99. The van der Waals surface area contributed by atoms with Crippen molar-refractivity contribution in [3.63, 3.8) is 0 Å². The van der Waals surface area contributed by atoms with E-state index >= 15 is 0 Å². The lowest BCUT2D eigenvalue weighted by Crippen LogP contribution is -2.46. The van der Waals surface area contributed by atoms with Gasteiger partial charge in [-0.15, -0.1) is 0 Å². The Balaban J connectivity index is 1.66. The predicted octanol–water partition coefficient (Wildman–Crippen LogP) is 2.55. The number of halogens is 2. The molecule has 1 heterocycles. The van der Waals surface area contributed by atoms with Crippen LogP contribution in [0.1, 0.15) is 5.56 Å². The molecule has 2 aromatic carbocycles. The fraction of sp³-hybridized carbons (Fsp3) is 0.250. The summed E-state index contributed by atoms with van der Waals surface area (Å²) < 4.78 is 54.0. The molecule has 29 heavy (non-hydrogen) atoms. The molecule has 1 N–H and O–H groups in total. The molecule has 0 bridgehead atoms. The Morgan fingerprint density at radius 2 is 1.59 bits per heavy atom. The Kier molecular flexibility index (Phi) is 6.41. The van der Waals surface area contributed by atoms with Gasteiger partial charge in [0.05, 0.1) is 4.90 Å². The van der Waals surface area contributed by atoms with Gasteiger partial charge in [-0.3, -0.25) is 4.79 Å². The maximum absolute atomic E-state index is 13.6. The Morgan fingerprint density at radius 3 is 2.17 bits per heavy atom. The van der Waals surface area contributed by atoms with Crippen molar-refractivity contribution in [2.75, 3.05) is 38.5 Å². The zero-order chi connectivity index (χ0) is 21.0. The molecule has 154 valence electrons. The molecule has 2 aromatic rings. The van der Waals surface area contributed by atoms with Crippen molar-refractivity contribution < 1.29 is 22.0 Å². The fourth-order valence-electron chi connectivity index (χ4n) is 2.90. The SMILES string of the molecule is CN1CCN(S(=O)(=O)c2ccc(NC(=O)C=Cc3c(F)cccc3F)cc2)CC1. The second kappa shape index (κ2) is 8.81. The van der Waals surface area contributed by atoms with Gasteiger partial charge >= 0.3 is 0 Å². The number of piperazine rings is 1. The molecule has 0 aromatic heterocycles. The number of anilines is 1. The number of carbonyl (C=O) groups excluding carboxylic acids is 1. The van der Waals surface area contributed by atoms with Crippen molar-refractivity contribution >= 4 is 27.7 Å². The van der Waals surface area contributed by atoms with Gasteiger partial charge < -0.3 is 10.2 Å². The summed E-state index contributed by atoms with van der Waals surface area (Å²) in [5, 5.41) is 2.53. The molecule has 1 aliphatic rings. The van der Waals surface area contributed by atoms with Crippen molar-refractivity contribution in [2.45, 2.75) is 4.90 Å². The smallest absolute Gasteiger partial charge is 0.248 e. The Bertz CT molecular complexity index is 996. The minimum absolute atomic E-state index is 0.143. The van der Waals surface area contributed by atoms with Gasteiger partial charge in [-0.25, -0.2) is 17.2 Å². The lowest BCUT2D eigenvalue weighted by Gasteiger charge is -2.31. The topological polar surface area (TPSA) is 69.7 Å². The van der Waals surface area contributed by atoms with Crippen molar-refractivity contribution in [1.82, 2.24) is 9.21 Å². The van der Waals surface area contributed by atoms with E-state index in [1.165, 1.54) is 34.6 Å². The number of nitrogens with one attached hydrogen (secondary N) is 1. The third-order valence-corrected chi connectivity index (χ3v) is 6.54. The third kappa shape index (κ3) is 5.06. The zero-order valence-corrected chi connectivity index (χ0v) is 16.6. The molecule has 0 unspecified atom stereocenters. The highest BCUT2D eigenvalue weighted by atomic mass is 32.2. The minimum Gasteiger partial charge on any atom is -0.323 e. The monoisotopic (exact) mass is 421 g/mol. The van der Waals surface area contributed by atoms with Crippen LogP contribution in [-0.2, 0) is 14.8 Å². The van der Waals surface area contributed by atoms with Crippen LogP contribution in [0.2, 0.25) is 0 Å². The molecule has 0 spiro atoms. The first kappa shape index (κ1) is 21.1. The van der Waals surface area contributed by atoms with E-state index in [9.17, 15) is 22.0 Å². The van der Waals surface area contributed by atoms with E-state index in [0.29, 0.717) is 31.9 Å². The number of benzene rings is 2. The highest BCUT2D eigenvalue weighted by Crippen LogP contribution is 2.20. The molecule has 9 heteroatoms. The average Bonchev–Trinajstić information content (AvgIpc) is 2.68. The summed E-state index contributed by atoms with van der Waals surface area (Å²) in [7, 11) is -1.65. The van der Waals surface area contributed by atoms with Gasteiger partial charge in [-0.05, 0) is 49.5 Å². The Morgan fingerprint density at radius 1 is 1.00 bits per heavy atom. The summed E-state index contributed by atoms with van der Waals surface area (Å²) in [6.45, 7) is 2.19. The van der Waals surface area contributed by atoms with Crippen LogP contribution >= 0.6 is 0 Å². The standard InChI is InChI=1S/C20H21F2N3O3S/c1-24-11-13-25(14-12-24)29(27,28)16-7-5-15(6-8-16)23-20(26)10-9-17-18(21)3-2-4-19(17)22/h2-10H,11-14H2,1H3,(H,23,26). The summed E-state index contributed by atoms with van der Waals surface area (Å²) >= 11 is 0. The number of sulfonamides is 1. The summed E-state index contributed by atoms with van der Waals surface area (Å²) in [5.74, 6) is -2.14. The molecule has 1 aliphatic heterocycles. The molecular formula is C20H21F2N3O3S. The number of hydrogen-bond donors (Lipinski definition) is 1. The number of carbonyl (C=O) groups is 1. The van der Waals surface area contributed by atoms with E-state index in [4.69, 9.17) is 0 Å². The van der Waals surface area contributed by atoms with Crippen LogP contribution in [0.4, 0.5) is 14.5 Å². The van der Waals surface area contributed by atoms with Crippen LogP contribution in [0.15, 0.2) is 53.4 Å². The predicted molar refractivity (Wildman–Crippen MR) is 107 cm³/mol. The molecule has 0 atom stereocenters. The molecule has 3 rings (SSSR count). The number of rotatable bonds is 5. The molecule has 0 aliphatic carbocycles. The van der Waals surface area contributed by atoms with Gasteiger partial charge in [0, 0.05) is 43.5 Å². The fourth-order valence-corrected chi connectivity index (χ4v) is 4.32.